The van der Waals surface area contributed by atoms with Gasteiger partial charge in [-0.2, -0.15) is 0 Å². The highest BCUT2D eigenvalue weighted by Crippen LogP contribution is 2.34. The smallest absolute Gasteiger partial charge is 0.262 e. The van der Waals surface area contributed by atoms with E-state index in [0.717, 1.165) is 6.07 Å². The quantitative estimate of drug-likeness (QED) is 0.625. The minimum atomic E-state index is -3.96. The Morgan fingerprint density at radius 2 is 1.68 bits per heavy atom. The van der Waals surface area contributed by atoms with Crippen molar-refractivity contribution in [2.45, 2.75) is 4.90 Å². The second-order valence-electron chi connectivity index (χ2n) is 5.67. The van der Waals surface area contributed by atoms with E-state index in [9.17, 15) is 17.6 Å². The summed E-state index contributed by atoms with van der Waals surface area (Å²) < 4.78 is 46.5. The monoisotopic (exact) mass is 420 g/mol. The zero-order valence-electron chi connectivity index (χ0n) is 14.2. The molecule has 6 nitrogen and oxygen atoms in total. The molecule has 3 aromatic rings. The van der Waals surface area contributed by atoms with E-state index >= 15 is 0 Å². The fourth-order valence-electron chi connectivity index (χ4n) is 2.32. The van der Waals surface area contributed by atoms with Crippen LogP contribution in [0.2, 0.25) is 5.02 Å². The number of benzene rings is 3. The minimum absolute atomic E-state index is 0.0414. The number of nitrogens with two attached hydrogens (primary N) is 1. The van der Waals surface area contributed by atoms with E-state index in [2.05, 4.69) is 4.72 Å². The second kappa shape index (κ2) is 7.87. The Kier molecular flexibility index (Phi) is 5.53. The summed E-state index contributed by atoms with van der Waals surface area (Å²) in [5.74, 6) is -0.841. The first-order valence-electron chi connectivity index (χ1n) is 7.91. The lowest BCUT2D eigenvalue weighted by atomic mass is 10.2. The van der Waals surface area contributed by atoms with E-state index in [0.29, 0.717) is 0 Å². The van der Waals surface area contributed by atoms with Gasteiger partial charge in [0.15, 0.2) is 5.75 Å². The molecule has 0 atom stereocenters. The number of carbonyl (C=O) groups is 1. The topological polar surface area (TPSA) is 98.5 Å². The number of anilines is 1. The number of nitrogens with one attached hydrogen (secondary N) is 1. The third-order valence-corrected chi connectivity index (χ3v) is 5.37. The summed E-state index contributed by atoms with van der Waals surface area (Å²) in [6.45, 7) is 0. The number of para-hydroxylation sites is 2. The predicted molar refractivity (Wildman–Crippen MR) is 104 cm³/mol. The maximum Gasteiger partial charge on any atom is 0.262 e. The van der Waals surface area contributed by atoms with Crippen LogP contribution in [0.3, 0.4) is 0 Å². The molecule has 0 saturated heterocycles. The van der Waals surface area contributed by atoms with Crippen LogP contribution in [0.4, 0.5) is 10.1 Å². The highest BCUT2D eigenvalue weighted by molar-refractivity contribution is 7.92. The number of hydrogen-bond acceptors (Lipinski definition) is 4. The molecule has 0 radical (unpaired) electrons. The SMILES string of the molecule is NC(=O)c1ccc(S(=O)(=O)Nc2ccccc2Oc2ccc(F)cc2Cl)cc1. The van der Waals surface area contributed by atoms with Crippen LogP contribution in [0, 0.1) is 5.82 Å². The molecular weight excluding hydrogens is 407 g/mol. The Balaban J connectivity index is 1.89. The number of rotatable bonds is 6. The van der Waals surface area contributed by atoms with Crippen molar-refractivity contribution in [1.29, 1.82) is 0 Å². The molecule has 0 unspecified atom stereocenters. The number of sulfonamides is 1. The highest BCUT2D eigenvalue weighted by Gasteiger charge is 2.18. The summed E-state index contributed by atoms with van der Waals surface area (Å²) in [6, 6.07) is 15.1. The molecule has 3 rings (SSSR count). The molecule has 144 valence electrons. The molecule has 1 amide bonds. The van der Waals surface area contributed by atoms with Crippen LogP contribution in [0.5, 0.6) is 11.5 Å². The number of carbonyl (C=O) groups excluding carboxylic acids is 1. The number of halogens is 2. The van der Waals surface area contributed by atoms with Crippen molar-refractivity contribution in [2.24, 2.45) is 5.73 Å². The largest absolute Gasteiger partial charge is 0.454 e. The minimum Gasteiger partial charge on any atom is -0.454 e. The molecule has 0 saturated carbocycles. The van der Waals surface area contributed by atoms with Crippen LogP contribution >= 0.6 is 11.6 Å². The van der Waals surface area contributed by atoms with E-state index in [-0.39, 0.29) is 32.7 Å². The van der Waals surface area contributed by atoms with Crippen LogP contribution in [0.1, 0.15) is 10.4 Å². The average molecular weight is 421 g/mol. The Morgan fingerprint density at radius 1 is 1.00 bits per heavy atom. The first kappa shape index (κ1) is 19.7. The Labute approximate surface area is 165 Å². The van der Waals surface area contributed by atoms with Crippen LogP contribution in [-0.4, -0.2) is 14.3 Å². The van der Waals surface area contributed by atoms with Gasteiger partial charge in [0, 0.05) is 5.56 Å². The lowest BCUT2D eigenvalue weighted by Gasteiger charge is -2.14. The molecule has 0 fully saturated rings. The number of ether oxygens (including phenoxy) is 1. The summed E-state index contributed by atoms with van der Waals surface area (Å²) in [5, 5.41) is 0.0414. The van der Waals surface area contributed by atoms with Gasteiger partial charge in [-0.1, -0.05) is 23.7 Å². The van der Waals surface area contributed by atoms with Gasteiger partial charge in [0.1, 0.15) is 11.6 Å². The molecule has 3 N–H and O–H groups in total. The molecule has 3 aromatic carbocycles. The van der Waals surface area contributed by atoms with E-state index < -0.39 is 21.7 Å². The predicted octanol–water partition coefficient (Wildman–Crippen LogP) is 4.17. The maximum atomic E-state index is 13.2. The normalized spacial score (nSPS) is 11.1. The summed E-state index contributed by atoms with van der Waals surface area (Å²) in [7, 11) is -3.96. The van der Waals surface area contributed by atoms with Crippen molar-refractivity contribution in [3.05, 3.63) is 83.1 Å². The van der Waals surface area contributed by atoms with Crippen molar-refractivity contribution in [2.75, 3.05) is 4.72 Å². The Hall–Kier alpha value is -3.10. The van der Waals surface area contributed by atoms with Gasteiger partial charge in [-0.3, -0.25) is 9.52 Å². The van der Waals surface area contributed by atoms with E-state index in [4.69, 9.17) is 22.1 Å². The molecule has 0 spiro atoms. The van der Waals surface area contributed by atoms with Crippen molar-refractivity contribution in [1.82, 2.24) is 0 Å². The van der Waals surface area contributed by atoms with E-state index in [1.165, 1.54) is 48.5 Å². The van der Waals surface area contributed by atoms with Crippen LogP contribution < -0.4 is 15.2 Å². The Bertz CT molecular complexity index is 1130. The fraction of sp³-hybridized carbons (Fsp3) is 0. The van der Waals surface area contributed by atoms with Crippen molar-refractivity contribution >= 4 is 33.2 Å². The lowest BCUT2D eigenvalue weighted by Crippen LogP contribution is -2.15. The van der Waals surface area contributed by atoms with Crippen LogP contribution in [0.15, 0.2) is 71.6 Å². The third kappa shape index (κ3) is 4.41. The number of hydrogen-bond donors (Lipinski definition) is 2. The van der Waals surface area contributed by atoms with Gasteiger partial charge >= 0.3 is 0 Å². The molecule has 0 aliphatic heterocycles. The molecule has 0 aromatic heterocycles. The third-order valence-electron chi connectivity index (χ3n) is 3.69. The van der Waals surface area contributed by atoms with Gasteiger partial charge in [0.25, 0.3) is 10.0 Å². The molecule has 0 bridgehead atoms. The summed E-state index contributed by atoms with van der Waals surface area (Å²) in [6.07, 6.45) is 0. The maximum absolute atomic E-state index is 13.2. The standard InChI is InChI=1S/C19H14ClFN2O4S/c20-15-11-13(21)7-10-17(15)27-18-4-2-1-3-16(18)23-28(25,26)14-8-5-12(6-9-14)19(22)24/h1-11,23H,(H2,22,24). The van der Waals surface area contributed by atoms with Gasteiger partial charge in [-0.15, -0.1) is 0 Å². The average Bonchev–Trinajstić information content (AvgIpc) is 2.65. The fourth-order valence-corrected chi connectivity index (χ4v) is 3.59. The number of primary amides is 1. The zero-order valence-corrected chi connectivity index (χ0v) is 15.8. The van der Waals surface area contributed by atoms with Crippen molar-refractivity contribution < 1.29 is 22.3 Å². The molecule has 0 aliphatic carbocycles. The molecular formula is C19H14ClFN2O4S. The van der Waals surface area contributed by atoms with Gasteiger partial charge in [-0.25, -0.2) is 12.8 Å². The highest BCUT2D eigenvalue weighted by atomic mass is 35.5. The van der Waals surface area contributed by atoms with Gasteiger partial charge < -0.3 is 10.5 Å². The first-order valence-corrected chi connectivity index (χ1v) is 9.77. The first-order chi connectivity index (χ1) is 13.3. The van der Waals surface area contributed by atoms with E-state index in [1.54, 1.807) is 12.1 Å². The molecule has 28 heavy (non-hydrogen) atoms. The lowest BCUT2D eigenvalue weighted by molar-refractivity contribution is 0.1000. The molecule has 0 heterocycles. The second-order valence-corrected chi connectivity index (χ2v) is 7.76. The van der Waals surface area contributed by atoms with Gasteiger partial charge in [0.2, 0.25) is 5.91 Å². The summed E-state index contributed by atoms with van der Waals surface area (Å²) in [5.41, 5.74) is 5.50. The van der Waals surface area contributed by atoms with Crippen LogP contribution in [0.25, 0.3) is 0 Å². The van der Waals surface area contributed by atoms with Crippen LogP contribution in [-0.2, 0) is 10.0 Å². The zero-order chi connectivity index (χ0) is 20.3. The number of amides is 1. The summed E-state index contributed by atoms with van der Waals surface area (Å²) >= 11 is 5.96. The van der Waals surface area contributed by atoms with Crippen molar-refractivity contribution in [3.8, 4) is 11.5 Å². The summed E-state index contributed by atoms with van der Waals surface area (Å²) in [4.78, 5) is 11.1. The Morgan fingerprint density at radius 3 is 2.32 bits per heavy atom. The van der Waals surface area contributed by atoms with E-state index in [1.807, 2.05) is 0 Å². The van der Waals surface area contributed by atoms with Gasteiger partial charge in [-0.05, 0) is 54.6 Å². The molecule has 9 heteroatoms. The van der Waals surface area contributed by atoms with Crippen molar-refractivity contribution in [3.63, 3.8) is 0 Å². The molecule has 0 aliphatic rings. The van der Waals surface area contributed by atoms with Gasteiger partial charge in [0.05, 0.1) is 15.6 Å².